The highest BCUT2D eigenvalue weighted by Crippen LogP contribution is 2.31. The van der Waals surface area contributed by atoms with E-state index in [0.29, 0.717) is 31.2 Å². The summed E-state index contributed by atoms with van der Waals surface area (Å²) in [6, 6.07) is 12.2. The second-order valence-electron chi connectivity index (χ2n) is 6.71. The fraction of sp³-hybridized carbons (Fsp3) is 0.250. The van der Waals surface area contributed by atoms with Gasteiger partial charge < -0.3 is 9.64 Å². The summed E-state index contributed by atoms with van der Waals surface area (Å²) >= 11 is 13.6. The van der Waals surface area contributed by atoms with Crippen molar-refractivity contribution in [1.82, 2.24) is 9.29 Å². The first kappa shape index (κ1) is 21.4. The first-order chi connectivity index (χ1) is 14.4. The van der Waals surface area contributed by atoms with Gasteiger partial charge in [-0.05, 0) is 42.5 Å². The lowest BCUT2D eigenvalue weighted by Crippen LogP contribution is -2.48. The van der Waals surface area contributed by atoms with Gasteiger partial charge in [0, 0.05) is 42.1 Å². The molecule has 0 N–H and O–H groups in total. The van der Waals surface area contributed by atoms with Gasteiger partial charge in [0.15, 0.2) is 5.13 Å². The van der Waals surface area contributed by atoms with Gasteiger partial charge in [-0.3, -0.25) is 0 Å². The van der Waals surface area contributed by atoms with Gasteiger partial charge in [0.25, 0.3) is 0 Å². The Bertz CT molecular complexity index is 1140. The molecule has 1 fully saturated rings. The summed E-state index contributed by atoms with van der Waals surface area (Å²) in [5.41, 5.74) is 1.90. The molecule has 2 heterocycles. The van der Waals surface area contributed by atoms with Crippen LogP contribution in [0.2, 0.25) is 10.0 Å². The number of rotatable bonds is 5. The molecule has 1 aromatic heterocycles. The highest BCUT2D eigenvalue weighted by molar-refractivity contribution is 7.89. The van der Waals surface area contributed by atoms with Crippen LogP contribution in [0.4, 0.5) is 5.13 Å². The normalized spacial score (nSPS) is 15.4. The van der Waals surface area contributed by atoms with Gasteiger partial charge in [0.1, 0.15) is 10.6 Å². The number of hydrogen-bond donors (Lipinski definition) is 0. The minimum Gasteiger partial charge on any atom is -0.497 e. The smallest absolute Gasteiger partial charge is 0.244 e. The summed E-state index contributed by atoms with van der Waals surface area (Å²) in [5, 5.41) is 3.42. The second kappa shape index (κ2) is 8.72. The van der Waals surface area contributed by atoms with Crippen molar-refractivity contribution in [3.05, 3.63) is 57.9 Å². The van der Waals surface area contributed by atoms with Crippen LogP contribution in [-0.4, -0.2) is 51.0 Å². The van der Waals surface area contributed by atoms with E-state index in [2.05, 4.69) is 4.90 Å². The molecule has 0 unspecified atom stereocenters. The van der Waals surface area contributed by atoms with E-state index in [0.717, 1.165) is 22.1 Å². The van der Waals surface area contributed by atoms with Crippen LogP contribution in [0.25, 0.3) is 11.3 Å². The first-order valence-electron chi connectivity index (χ1n) is 9.18. The summed E-state index contributed by atoms with van der Waals surface area (Å²) in [4.78, 5) is 6.91. The molecule has 30 heavy (non-hydrogen) atoms. The highest BCUT2D eigenvalue weighted by atomic mass is 35.5. The van der Waals surface area contributed by atoms with E-state index in [4.69, 9.17) is 32.9 Å². The molecule has 0 amide bonds. The van der Waals surface area contributed by atoms with Crippen molar-refractivity contribution in [2.24, 2.45) is 0 Å². The predicted molar refractivity (Wildman–Crippen MR) is 122 cm³/mol. The first-order valence-corrected chi connectivity index (χ1v) is 12.3. The molecule has 0 spiro atoms. The Morgan fingerprint density at radius 1 is 1.03 bits per heavy atom. The molecule has 0 atom stereocenters. The van der Waals surface area contributed by atoms with Crippen molar-refractivity contribution in [2.75, 3.05) is 38.2 Å². The van der Waals surface area contributed by atoms with Crippen LogP contribution >= 0.6 is 34.5 Å². The van der Waals surface area contributed by atoms with Gasteiger partial charge in [-0.1, -0.05) is 23.2 Å². The van der Waals surface area contributed by atoms with Crippen molar-refractivity contribution in [3.8, 4) is 17.0 Å². The van der Waals surface area contributed by atoms with Gasteiger partial charge in [-0.25, -0.2) is 13.4 Å². The number of benzene rings is 2. The number of ether oxygens (including phenoxy) is 1. The van der Waals surface area contributed by atoms with Gasteiger partial charge in [-0.2, -0.15) is 4.31 Å². The zero-order valence-corrected chi connectivity index (χ0v) is 19.2. The van der Waals surface area contributed by atoms with Crippen molar-refractivity contribution < 1.29 is 13.2 Å². The van der Waals surface area contributed by atoms with Crippen LogP contribution in [-0.2, 0) is 10.0 Å². The maximum Gasteiger partial charge on any atom is 0.244 e. The zero-order valence-electron chi connectivity index (χ0n) is 16.1. The molecule has 0 aliphatic carbocycles. The van der Waals surface area contributed by atoms with Gasteiger partial charge >= 0.3 is 0 Å². The third-order valence-corrected chi connectivity index (χ3v) is 8.42. The molecule has 1 aliphatic heterocycles. The number of anilines is 1. The summed E-state index contributed by atoms with van der Waals surface area (Å²) in [6.45, 7) is 1.83. The zero-order chi connectivity index (χ0) is 21.3. The molecule has 1 saturated heterocycles. The molecule has 0 saturated carbocycles. The number of methoxy groups -OCH3 is 1. The number of aromatic nitrogens is 1. The minimum absolute atomic E-state index is 0.0815. The molecule has 0 radical (unpaired) electrons. The van der Waals surface area contributed by atoms with Crippen molar-refractivity contribution in [2.45, 2.75) is 4.90 Å². The third-order valence-electron chi connectivity index (χ3n) is 4.90. The molecule has 3 aromatic rings. The Labute approximate surface area is 189 Å². The standard InChI is InChI=1S/C20H19Cl2N3O3S2/c1-28-16-5-2-14(3-6-16)18-13-29-20(23-18)24-8-10-25(11-9-24)30(26,27)19-7-4-15(21)12-17(19)22/h2-7,12-13H,8-11H2,1H3. The van der Waals surface area contributed by atoms with E-state index in [-0.39, 0.29) is 9.92 Å². The van der Waals surface area contributed by atoms with Crippen LogP contribution in [0, 0.1) is 0 Å². The van der Waals surface area contributed by atoms with Gasteiger partial charge in [0.05, 0.1) is 17.8 Å². The molecule has 4 rings (SSSR count). The lowest BCUT2D eigenvalue weighted by atomic mass is 10.2. The van der Waals surface area contributed by atoms with E-state index < -0.39 is 10.0 Å². The van der Waals surface area contributed by atoms with E-state index in [1.807, 2.05) is 29.6 Å². The minimum atomic E-state index is -3.67. The number of halogens is 2. The van der Waals surface area contributed by atoms with Crippen molar-refractivity contribution in [1.29, 1.82) is 0 Å². The molecule has 1 aliphatic rings. The quantitative estimate of drug-likeness (QED) is 0.528. The van der Waals surface area contributed by atoms with Crippen LogP contribution < -0.4 is 9.64 Å². The molecular formula is C20H19Cl2N3O3S2. The Hall–Kier alpha value is -1.84. The molecule has 2 aromatic carbocycles. The number of nitrogens with zero attached hydrogens (tertiary/aromatic N) is 3. The van der Waals surface area contributed by atoms with E-state index in [1.54, 1.807) is 18.4 Å². The summed E-state index contributed by atoms with van der Waals surface area (Å²) < 4.78 is 32.6. The topological polar surface area (TPSA) is 62.7 Å². The highest BCUT2D eigenvalue weighted by Gasteiger charge is 2.31. The predicted octanol–water partition coefficient (Wildman–Crippen LogP) is 4.64. The van der Waals surface area contributed by atoms with Crippen LogP contribution in [0.5, 0.6) is 5.75 Å². The van der Waals surface area contributed by atoms with Gasteiger partial charge in [0.2, 0.25) is 10.0 Å². The second-order valence-corrected chi connectivity index (χ2v) is 10.3. The monoisotopic (exact) mass is 483 g/mol. The van der Waals surface area contributed by atoms with Gasteiger partial charge in [-0.15, -0.1) is 11.3 Å². The number of sulfonamides is 1. The molecule has 6 nitrogen and oxygen atoms in total. The molecule has 0 bridgehead atoms. The average molecular weight is 484 g/mol. The van der Waals surface area contributed by atoms with E-state index in [9.17, 15) is 8.42 Å². The van der Waals surface area contributed by atoms with Crippen LogP contribution in [0.3, 0.4) is 0 Å². The van der Waals surface area contributed by atoms with Crippen molar-refractivity contribution in [3.63, 3.8) is 0 Å². The average Bonchev–Trinajstić information content (AvgIpc) is 3.24. The summed E-state index contributed by atoms with van der Waals surface area (Å²) in [7, 11) is -2.04. The Kier molecular flexibility index (Phi) is 6.22. The fourth-order valence-corrected chi connectivity index (χ4v) is 6.30. The van der Waals surface area contributed by atoms with Crippen molar-refractivity contribution >= 4 is 49.7 Å². The van der Waals surface area contributed by atoms with Crippen LogP contribution in [0.1, 0.15) is 0 Å². The summed E-state index contributed by atoms with van der Waals surface area (Å²) in [5.74, 6) is 0.798. The number of hydrogen-bond acceptors (Lipinski definition) is 6. The Morgan fingerprint density at radius 3 is 2.37 bits per heavy atom. The molecule has 158 valence electrons. The molecular weight excluding hydrogens is 465 g/mol. The maximum absolute atomic E-state index is 13.0. The third kappa shape index (κ3) is 4.29. The Balaban J connectivity index is 1.45. The fourth-order valence-electron chi connectivity index (χ4n) is 3.25. The lowest BCUT2D eigenvalue weighted by Gasteiger charge is -2.33. The van der Waals surface area contributed by atoms with E-state index in [1.165, 1.54) is 22.5 Å². The SMILES string of the molecule is COc1ccc(-c2csc(N3CCN(S(=O)(=O)c4ccc(Cl)cc4Cl)CC3)n2)cc1. The number of piperazine rings is 1. The largest absolute Gasteiger partial charge is 0.497 e. The van der Waals surface area contributed by atoms with E-state index >= 15 is 0 Å². The summed E-state index contributed by atoms with van der Waals surface area (Å²) in [6.07, 6.45) is 0. The lowest BCUT2D eigenvalue weighted by molar-refractivity contribution is 0.385. The Morgan fingerprint density at radius 2 is 1.73 bits per heavy atom. The number of thiazole rings is 1. The molecule has 10 heteroatoms. The maximum atomic E-state index is 13.0. The van der Waals surface area contributed by atoms with Crippen LogP contribution in [0.15, 0.2) is 52.7 Å².